The summed E-state index contributed by atoms with van der Waals surface area (Å²) in [5.41, 5.74) is 19.1. The van der Waals surface area contributed by atoms with Crippen molar-refractivity contribution in [2.45, 2.75) is 145 Å². The molecule has 0 N–H and O–H groups in total. The van der Waals surface area contributed by atoms with Crippen molar-refractivity contribution >= 4 is 10.8 Å². The highest BCUT2D eigenvalue weighted by Crippen LogP contribution is 2.44. The molecular weight excluding hydrogens is 685 g/mol. The Hall–Kier alpha value is -3.64. The fourth-order valence-corrected chi connectivity index (χ4v) is 8.57. The van der Waals surface area contributed by atoms with Crippen molar-refractivity contribution in [2.75, 3.05) is 0 Å². The summed E-state index contributed by atoms with van der Waals surface area (Å²) in [6.45, 7) is 44.9. The van der Waals surface area contributed by atoms with Crippen LogP contribution in [0.3, 0.4) is 0 Å². The monoisotopic (exact) mass is 767 g/mol. The van der Waals surface area contributed by atoms with Crippen molar-refractivity contribution in [1.82, 2.24) is 0 Å². The zero-order valence-electron chi connectivity index (χ0n) is 40.3. The minimum absolute atomic E-state index is 0.958. The van der Waals surface area contributed by atoms with Crippen LogP contribution in [0.5, 0.6) is 0 Å². The second-order valence-electron chi connectivity index (χ2n) is 19.2. The average molecular weight is 767 g/mol. The summed E-state index contributed by atoms with van der Waals surface area (Å²) in [7, 11) is 0. The Morgan fingerprint density at radius 2 is 0.491 bits per heavy atom. The molecule has 0 unspecified atom stereocenters. The van der Waals surface area contributed by atoms with Crippen LogP contribution < -0.4 is 0 Å². The van der Waals surface area contributed by atoms with Crippen LogP contribution in [0.4, 0.5) is 0 Å². The van der Waals surface area contributed by atoms with Gasteiger partial charge in [-0.1, -0.05) is 128 Å². The Balaban J connectivity index is 0.000000196. The van der Waals surface area contributed by atoms with E-state index in [1.165, 1.54) is 95.1 Å². The molecule has 7 rings (SSSR count). The third-order valence-electron chi connectivity index (χ3n) is 15.2. The average Bonchev–Trinajstić information content (AvgIpc) is 3.39. The number of aryl methyl sites for hydroxylation is 12. The molecule has 0 amide bonds. The van der Waals surface area contributed by atoms with Crippen LogP contribution in [0.2, 0.25) is 0 Å². The minimum atomic E-state index is 0.958. The summed E-state index contributed by atoms with van der Waals surface area (Å²) in [5.74, 6) is 7.76. The van der Waals surface area contributed by atoms with E-state index < -0.39 is 0 Å². The van der Waals surface area contributed by atoms with Crippen molar-refractivity contribution in [1.29, 1.82) is 0 Å². The molecular formula is C57H82. The van der Waals surface area contributed by atoms with Gasteiger partial charge in [-0.25, -0.2) is 0 Å². The molecule has 57 heavy (non-hydrogen) atoms. The fourth-order valence-electron chi connectivity index (χ4n) is 8.57. The fraction of sp³-hybridized carbons (Fsp3) is 0.509. The van der Waals surface area contributed by atoms with Gasteiger partial charge in [-0.2, -0.15) is 0 Å². The first kappa shape index (κ1) is 47.7. The molecule has 5 aromatic carbocycles. The maximum atomic E-state index is 2.39. The van der Waals surface area contributed by atoms with Crippen LogP contribution in [-0.2, 0) is 0 Å². The van der Waals surface area contributed by atoms with Crippen molar-refractivity contribution in [3.63, 3.8) is 0 Å². The van der Waals surface area contributed by atoms with E-state index in [0.29, 0.717) is 0 Å². The smallest absolute Gasteiger partial charge is 0.0178 e. The van der Waals surface area contributed by atoms with Crippen LogP contribution in [0.15, 0.2) is 72.8 Å². The summed E-state index contributed by atoms with van der Waals surface area (Å²) in [5, 5.41) is 2.72. The van der Waals surface area contributed by atoms with Crippen molar-refractivity contribution in [3.05, 3.63) is 140 Å². The second kappa shape index (κ2) is 20.9. The van der Waals surface area contributed by atoms with E-state index in [0.717, 1.165) is 47.3 Å². The number of hydrogen-bond acceptors (Lipinski definition) is 0. The molecule has 0 saturated heterocycles. The molecule has 0 radical (unpaired) electrons. The molecule has 2 saturated carbocycles. The molecule has 0 heteroatoms. The topological polar surface area (TPSA) is 0 Å². The largest absolute Gasteiger partial charge is 0.0622 e. The van der Waals surface area contributed by atoms with E-state index in [1.54, 1.807) is 0 Å². The lowest BCUT2D eigenvalue weighted by molar-refractivity contribution is 0.0302. The highest BCUT2D eigenvalue weighted by atomic mass is 14.4. The molecule has 2 aliphatic rings. The summed E-state index contributed by atoms with van der Waals surface area (Å²) in [6, 6.07) is 26.9. The first-order valence-electron chi connectivity index (χ1n) is 22.2. The number of fused-ring (bicyclic) bond motifs is 1. The van der Waals surface area contributed by atoms with Gasteiger partial charge in [-0.3, -0.25) is 0 Å². The number of hydrogen-bond donors (Lipinski definition) is 0. The van der Waals surface area contributed by atoms with Gasteiger partial charge in [-0.05, 0) is 226 Å². The van der Waals surface area contributed by atoms with Gasteiger partial charge in [0.05, 0.1) is 0 Å². The predicted molar refractivity (Wildman–Crippen MR) is 257 cm³/mol. The quantitative estimate of drug-likeness (QED) is 0.159. The van der Waals surface area contributed by atoms with Crippen molar-refractivity contribution in [3.8, 4) is 11.1 Å². The van der Waals surface area contributed by atoms with Gasteiger partial charge in [0, 0.05) is 0 Å². The molecule has 0 heterocycles. The highest BCUT2D eigenvalue weighted by Gasteiger charge is 2.38. The Kier molecular flexibility index (Phi) is 17.5. The third-order valence-corrected chi connectivity index (χ3v) is 15.2. The summed E-state index contributed by atoms with van der Waals surface area (Å²) in [4.78, 5) is 0. The lowest BCUT2D eigenvalue weighted by Crippen LogP contribution is -2.39. The molecule has 310 valence electrons. The van der Waals surface area contributed by atoms with Crippen LogP contribution >= 0.6 is 0 Å². The lowest BCUT2D eigenvalue weighted by atomic mass is 9.60. The summed E-state index contributed by atoms with van der Waals surface area (Å²) >= 11 is 0. The minimum Gasteiger partial charge on any atom is -0.0622 e. The molecule has 0 spiro atoms. The molecule has 2 fully saturated rings. The third kappa shape index (κ3) is 12.7. The first-order valence-corrected chi connectivity index (χ1v) is 22.2. The van der Waals surface area contributed by atoms with E-state index >= 15 is 0 Å². The van der Waals surface area contributed by atoms with E-state index in [2.05, 4.69) is 211 Å². The summed E-state index contributed by atoms with van der Waals surface area (Å²) in [6.07, 6.45) is 1.45. The Labute approximate surface area is 352 Å². The molecule has 4 atom stereocenters. The zero-order chi connectivity index (χ0) is 43.0. The highest BCUT2D eigenvalue weighted by molar-refractivity contribution is 5.85. The van der Waals surface area contributed by atoms with E-state index in [4.69, 9.17) is 0 Å². The Morgan fingerprint density at radius 1 is 0.263 bits per heavy atom. The maximum Gasteiger partial charge on any atom is -0.0178 e. The predicted octanol–water partition coefficient (Wildman–Crippen LogP) is 17.1. The first-order chi connectivity index (χ1) is 26.5. The molecule has 0 nitrogen and oxygen atoms in total. The zero-order valence-corrected chi connectivity index (χ0v) is 40.3. The van der Waals surface area contributed by atoms with Crippen molar-refractivity contribution < 1.29 is 0 Å². The SMILES string of the molecule is CC1C(C)C(C)C1C.C[C@@H]1[C@H](C)[C@H](C)C[C@@H]1C.Cc1cc(C)c(C)cc1C.Cc1cc2cc(C)c(C)cc2cc1C.Cc1ccc(-c2ccc(C)c(C)c2)cc1C. The molecule has 0 bridgehead atoms. The van der Waals surface area contributed by atoms with E-state index in [-0.39, 0.29) is 0 Å². The molecule has 0 aromatic heterocycles. The van der Waals surface area contributed by atoms with Crippen LogP contribution in [0.25, 0.3) is 21.9 Å². The molecule has 0 aliphatic heterocycles. The number of benzene rings is 5. The number of rotatable bonds is 1. The van der Waals surface area contributed by atoms with E-state index in [9.17, 15) is 0 Å². The Morgan fingerprint density at radius 3 is 0.702 bits per heavy atom. The van der Waals surface area contributed by atoms with Crippen LogP contribution in [-0.4, -0.2) is 0 Å². The van der Waals surface area contributed by atoms with Gasteiger partial charge in [0.25, 0.3) is 0 Å². The summed E-state index contributed by atoms with van der Waals surface area (Å²) < 4.78 is 0. The van der Waals surface area contributed by atoms with Gasteiger partial charge < -0.3 is 0 Å². The lowest BCUT2D eigenvalue weighted by Gasteiger charge is -2.45. The van der Waals surface area contributed by atoms with Gasteiger partial charge in [0.2, 0.25) is 0 Å². The Bertz CT molecular complexity index is 1840. The van der Waals surface area contributed by atoms with Gasteiger partial charge in [0.1, 0.15) is 0 Å². The second-order valence-corrected chi connectivity index (χ2v) is 19.2. The van der Waals surface area contributed by atoms with Crippen molar-refractivity contribution in [2.24, 2.45) is 47.3 Å². The molecule has 2 aliphatic carbocycles. The van der Waals surface area contributed by atoms with Gasteiger partial charge in [-0.15, -0.1) is 0 Å². The van der Waals surface area contributed by atoms with E-state index in [1.807, 2.05) is 0 Å². The normalized spacial score (nSPS) is 23.4. The molecule has 5 aromatic rings. The van der Waals surface area contributed by atoms with Gasteiger partial charge in [0.15, 0.2) is 0 Å². The van der Waals surface area contributed by atoms with Crippen LogP contribution in [0, 0.1) is 130 Å². The maximum absolute atomic E-state index is 2.39. The van der Waals surface area contributed by atoms with Crippen LogP contribution in [0.1, 0.15) is 129 Å². The van der Waals surface area contributed by atoms with Gasteiger partial charge >= 0.3 is 0 Å². The standard InChI is InChI=1S/C16H18.C14H16.C10H14.C9H18.C8H16/c1-11-5-7-15(9-13(11)3)16-8-6-12(2)14(4)10-16;1-9-5-13-7-11(3)12(4)8-14(13)6-10(9)2;1-7-5-9(3)10(4)6-8(7)2;1-6-5-7(2)9(4)8(6)3;1-5-6(2)8(4)7(5)3/h5-10H,1-4H3;5-8H,1-4H3;5-6H,1-4H3;6-9H,5H2,1-4H3;5-8H,1-4H3/t;;;6-,7+,8-,9+;.